The fourth-order valence-electron chi connectivity index (χ4n) is 4.58. The van der Waals surface area contributed by atoms with Gasteiger partial charge in [0.15, 0.2) is 0 Å². The second-order valence-electron chi connectivity index (χ2n) is 9.13. The number of hydrogen-bond acceptors (Lipinski definition) is 5. The summed E-state index contributed by atoms with van der Waals surface area (Å²) in [6, 6.07) is 20.1. The van der Waals surface area contributed by atoms with Crippen molar-refractivity contribution in [3.8, 4) is 16.9 Å². The first kappa shape index (κ1) is 23.8. The van der Waals surface area contributed by atoms with Gasteiger partial charge < -0.3 is 14.8 Å². The molecule has 2 aromatic carbocycles. The maximum Gasteiger partial charge on any atom is 0.226 e. The molecule has 3 aromatic rings. The molecule has 2 fully saturated rings. The van der Waals surface area contributed by atoms with E-state index in [1.54, 1.807) is 6.20 Å². The number of carbonyl (C=O) groups excluding carboxylic acids is 1. The summed E-state index contributed by atoms with van der Waals surface area (Å²) in [5.74, 6) is 0.740. The summed E-state index contributed by atoms with van der Waals surface area (Å²) in [6.07, 6.45) is 4.33. The highest BCUT2D eigenvalue weighted by molar-refractivity contribution is 6.33. The predicted molar refractivity (Wildman–Crippen MR) is 137 cm³/mol. The Balaban J connectivity index is 1.12. The van der Waals surface area contributed by atoms with Gasteiger partial charge in [0, 0.05) is 61.5 Å². The number of benzene rings is 2. The number of rotatable bonds is 8. The second kappa shape index (κ2) is 11.2. The molecule has 1 N–H and O–H groups in total. The molecule has 182 valence electrons. The van der Waals surface area contributed by atoms with E-state index in [1.165, 1.54) is 0 Å². The first-order valence-electron chi connectivity index (χ1n) is 12.2. The summed E-state index contributed by atoms with van der Waals surface area (Å²) < 4.78 is 11.6. The Bertz CT molecular complexity index is 1130. The predicted octanol–water partition coefficient (Wildman–Crippen LogP) is 4.50. The molecule has 0 unspecified atom stereocenters. The van der Waals surface area contributed by atoms with Crippen molar-refractivity contribution in [2.45, 2.75) is 38.0 Å². The average Bonchev–Trinajstić information content (AvgIpc) is 2.87. The first-order valence-corrected chi connectivity index (χ1v) is 12.6. The van der Waals surface area contributed by atoms with Crippen LogP contribution in [0.25, 0.3) is 11.1 Å². The van der Waals surface area contributed by atoms with Gasteiger partial charge in [-0.25, -0.2) is 0 Å². The SMILES string of the molecule is O=C(Cc1ccc(-c2ccc(O[C@H]3C[C@H](N4CCOCC4)C3)cc2Cl)cn1)NCc1ccccc1. The smallest absolute Gasteiger partial charge is 0.226 e. The minimum absolute atomic E-state index is 0.0551. The topological polar surface area (TPSA) is 63.7 Å². The van der Waals surface area contributed by atoms with Gasteiger partial charge >= 0.3 is 0 Å². The maximum atomic E-state index is 12.3. The number of nitrogens with one attached hydrogen (secondary N) is 1. The maximum absolute atomic E-state index is 12.3. The number of morpholine rings is 1. The lowest BCUT2D eigenvalue weighted by atomic mass is 9.87. The second-order valence-corrected chi connectivity index (χ2v) is 9.54. The summed E-state index contributed by atoms with van der Waals surface area (Å²) in [7, 11) is 0. The van der Waals surface area contributed by atoms with Crippen LogP contribution in [0.5, 0.6) is 5.75 Å². The van der Waals surface area contributed by atoms with Crippen LogP contribution >= 0.6 is 11.6 Å². The number of nitrogens with zero attached hydrogens (tertiary/aromatic N) is 2. The minimum Gasteiger partial charge on any atom is -0.490 e. The lowest BCUT2D eigenvalue weighted by Gasteiger charge is -2.44. The van der Waals surface area contributed by atoms with Crippen LogP contribution in [0.1, 0.15) is 24.1 Å². The number of amides is 1. The van der Waals surface area contributed by atoms with Crippen molar-refractivity contribution in [3.05, 3.63) is 83.1 Å². The van der Waals surface area contributed by atoms with Crippen molar-refractivity contribution in [2.75, 3.05) is 26.3 Å². The summed E-state index contributed by atoms with van der Waals surface area (Å²) in [6.45, 7) is 4.20. The molecule has 0 atom stereocenters. The van der Waals surface area contributed by atoms with E-state index in [2.05, 4.69) is 15.2 Å². The largest absolute Gasteiger partial charge is 0.490 e. The molecule has 0 bridgehead atoms. The third-order valence-electron chi connectivity index (χ3n) is 6.69. The van der Waals surface area contributed by atoms with Gasteiger partial charge in [-0.3, -0.25) is 14.7 Å². The summed E-state index contributed by atoms with van der Waals surface area (Å²) in [4.78, 5) is 19.2. The van der Waals surface area contributed by atoms with Crippen molar-refractivity contribution >= 4 is 17.5 Å². The van der Waals surface area contributed by atoms with Gasteiger partial charge in [0.05, 0.1) is 24.7 Å². The van der Waals surface area contributed by atoms with Gasteiger partial charge in [-0.2, -0.15) is 0 Å². The molecular formula is C28H30ClN3O3. The monoisotopic (exact) mass is 491 g/mol. The van der Waals surface area contributed by atoms with Crippen LogP contribution in [0.4, 0.5) is 0 Å². The third-order valence-corrected chi connectivity index (χ3v) is 7.00. The summed E-state index contributed by atoms with van der Waals surface area (Å²) in [5, 5.41) is 3.56. The highest BCUT2D eigenvalue weighted by Gasteiger charge is 2.35. The van der Waals surface area contributed by atoms with Gasteiger partial charge in [-0.15, -0.1) is 0 Å². The van der Waals surface area contributed by atoms with Crippen LogP contribution in [0.15, 0.2) is 66.9 Å². The Morgan fingerprint density at radius 3 is 2.60 bits per heavy atom. The fraction of sp³-hybridized carbons (Fsp3) is 0.357. The van der Waals surface area contributed by atoms with Crippen molar-refractivity contribution in [1.82, 2.24) is 15.2 Å². The first-order chi connectivity index (χ1) is 17.1. The number of ether oxygens (including phenoxy) is 2. The molecule has 1 aliphatic carbocycles. The number of aromatic nitrogens is 1. The van der Waals surface area contributed by atoms with E-state index in [0.717, 1.165) is 67.3 Å². The zero-order chi connectivity index (χ0) is 24.0. The van der Waals surface area contributed by atoms with E-state index in [4.69, 9.17) is 21.1 Å². The van der Waals surface area contributed by atoms with E-state index in [1.807, 2.05) is 60.7 Å². The van der Waals surface area contributed by atoms with Crippen LogP contribution in [0.3, 0.4) is 0 Å². The number of carbonyl (C=O) groups is 1. The Hall–Kier alpha value is -2.93. The molecule has 1 aliphatic heterocycles. The van der Waals surface area contributed by atoms with Crippen LogP contribution in [0.2, 0.25) is 5.02 Å². The summed E-state index contributed by atoms with van der Waals surface area (Å²) in [5.41, 5.74) is 3.59. The van der Waals surface area contributed by atoms with Crippen LogP contribution in [-0.4, -0.2) is 54.2 Å². The highest BCUT2D eigenvalue weighted by Crippen LogP contribution is 2.34. The zero-order valence-electron chi connectivity index (χ0n) is 19.7. The number of hydrogen-bond donors (Lipinski definition) is 1. The van der Waals surface area contributed by atoms with E-state index in [9.17, 15) is 4.79 Å². The normalized spacial score (nSPS) is 20.1. The molecule has 1 amide bonds. The van der Waals surface area contributed by atoms with E-state index in [0.29, 0.717) is 17.6 Å². The van der Waals surface area contributed by atoms with Crippen molar-refractivity contribution in [2.24, 2.45) is 0 Å². The highest BCUT2D eigenvalue weighted by atomic mass is 35.5. The molecule has 6 nitrogen and oxygen atoms in total. The molecule has 5 rings (SSSR count). The molecular weight excluding hydrogens is 462 g/mol. The van der Waals surface area contributed by atoms with Gasteiger partial charge in [0.2, 0.25) is 5.91 Å². The Labute approximate surface area is 211 Å². The fourth-order valence-corrected chi connectivity index (χ4v) is 4.86. The minimum atomic E-state index is -0.0551. The number of halogens is 1. The van der Waals surface area contributed by atoms with Crippen LogP contribution in [-0.2, 0) is 22.5 Å². The third kappa shape index (κ3) is 6.20. The van der Waals surface area contributed by atoms with Gasteiger partial charge in [-0.1, -0.05) is 48.0 Å². The molecule has 0 spiro atoms. The lowest BCUT2D eigenvalue weighted by molar-refractivity contribution is -0.120. The van der Waals surface area contributed by atoms with Crippen molar-refractivity contribution in [3.63, 3.8) is 0 Å². The van der Waals surface area contributed by atoms with E-state index >= 15 is 0 Å². The molecule has 35 heavy (non-hydrogen) atoms. The molecule has 2 aliphatic rings. The molecule has 7 heteroatoms. The molecule has 2 heterocycles. The Morgan fingerprint density at radius 1 is 1.09 bits per heavy atom. The van der Waals surface area contributed by atoms with Crippen molar-refractivity contribution < 1.29 is 14.3 Å². The van der Waals surface area contributed by atoms with Crippen molar-refractivity contribution in [1.29, 1.82) is 0 Å². The number of pyridine rings is 1. The van der Waals surface area contributed by atoms with Gasteiger partial charge in [0.1, 0.15) is 11.9 Å². The van der Waals surface area contributed by atoms with Gasteiger partial charge in [0.25, 0.3) is 0 Å². The quantitative estimate of drug-likeness (QED) is 0.502. The van der Waals surface area contributed by atoms with E-state index in [-0.39, 0.29) is 18.4 Å². The van der Waals surface area contributed by atoms with E-state index < -0.39 is 0 Å². The molecule has 1 saturated carbocycles. The van der Waals surface area contributed by atoms with Crippen LogP contribution < -0.4 is 10.1 Å². The standard InChI is InChI=1S/C28H30ClN3O3/c29-27-17-24(35-25-15-23(16-25)32-10-12-34-13-11-32)8-9-26(27)21-6-7-22(30-19-21)14-28(33)31-18-20-4-2-1-3-5-20/h1-9,17,19,23,25H,10-16,18H2,(H,31,33)/t23-,25-. The summed E-state index contributed by atoms with van der Waals surface area (Å²) >= 11 is 6.59. The zero-order valence-corrected chi connectivity index (χ0v) is 20.4. The average molecular weight is 492 g/mol. The molecule has 1 aromatic heterocycles. The Morgan fingerprint density at radius 2 is 1.89 bits per heavy atom. The molecule has 1 saturated heterocycles. The lowest BCUT2D eigenvalue weighted by Crippen LogP contribution is -2.52. The van der Waals surface area contributed by atoms with Gasteiger partial charge in [-0.05, 0) is 29.8 Å². The Kier molecular flexibility index (Phi) is 7.62. The van der Waals surface area contributed by atoms with Crippen LogP contribution in [0, 0.1) is 0 Å². The molecule has 0 radical (unpaired) electrons.